The Balaban J connectivity index is 1.83. The SMILES string of the molecule is COc1cc(-c2cc(=O)n3cc(C4=CCN(C)CC4)cc(C)c3n2)ccc1C. The van der Waals surface area contributed by atoms with Gasteiger partial charge in [0.15, 0.2) is 0 Å². The first-order valence-electron chi connectivity index (χ1n) is 9.53. The quantitative estimate of drug-likeness (QED) is 0.700. The van der Waals surface area contributed by atoms with Crippen LogP contribution in [0.3, 0.4) is 0 Å². The molecule has 0 atom stereocenters. The maximum Gasteiger partial charge on any atom is 0.258 e. The van der Waals surface area contributed by atoms with Crippen LogP contribution >= 0.6 is 0 Å². The Morgan fingerprint density at radius 3 is 2.61 bits per heavy atom. The van der Waals surface area contributed by atoms with Crippen LogP contribution in [0.25, 0.3) is 22.5 Å². The van der Waals surface area contributed by atoms with Crippen molar-refractivity contribution in [1.82, 2.24) is 14.3 Å². The summed E-state index contributed by atoms with van der Waals surface area (Å²) in [6, 6.07) is 9.63. The van der Waals surface area contributed by atoms with E-state index in [1.165, 1.54) is 5.57 Å². The van der Waals surface area contributed by atoms with Gasteiger partial charge in [0, 0.05) is 30.9 Å². The number of aromatic nitrogens is 2. The van der Waals surface area contributed by atoms with E-state index in [2.05, 4.69) is 24.1 Å². The standard InChI is InChI=1S/C23H25N3O2/c1-15-5-6-18(12-21(15)28-4)20-13-22(27)26-14-19(11-16(2)23(26)24-20)17-7-9-25(3)10-8-17/h5-7,11-14H,8-10H2,1-4H3. The number of aryl methyl sites for hydroxylation is 2. The summed E-state index contributed by atoms with van der Waals surface area (Å²) in [5.74, 6) is 0.792. The highest BCUT2D eigenvalue weighted by molar-refractivity contribution is 5.70. The third-order valence-corrected chi connectivity index (χ3v) is 5.43. The van der Waals surface area contributed by atoms with Crippen LogP contribution < -0.4 is 10.3 Å². The van der Waals surface area contributed by atoms with Crippen LogP contribution in [-0.4, -0.2) is 41.5 Å². The van der Waals surface area contributed by atoms with Gasteiger partial charge in [0.05, 0.1) is 12.8 Å². The number of hydrogen-bond acceptors (Lipinski definition) is 4. The smallest absolute Gasteiger partial charge is 0.258 e. The van der Waals surface area contributed by atoms with Gasteiger partial charge in [-0.2, -0.15) is 0 Å². The van der Waals surface area contributed by atoms with Gasteiger partial charge in [0.1, 0.15) is 11.4 Å². The lowest BCUT2D eigenvalue weighted by Gasteiger charge is -2.22. The van der Waals surface area contributed by atoms with Crippen molar-refractivity contribution in [2.24, 2.45) is 0 Å². The largest absolute Gasteiger partial charge is 0.496 e. The molecule has 0 spiro atoms. The van der Waals surface area contributed by atoms with E-state index in [1.54, 1.807) is 17.6 Å². The minimum atomic E-state index is -0.0713. The van der Waals surface area contributed by atoms with Crippen molar-refractivity contribution in [3.63, 3.8) is 0 Å². The summed E-state index contributed by atoms with van der Waals surface area (Å²) in [4.78, 5) is 20.0. The Morgan fingerprint density at radius 1 is 1.07 bits per heavy atom. The Labute approximate surface area is 164 Å². The molecule has 0 saturated carbocycles. The molecule has 3 heterocycles. The van der Waals surface area contributed by atoms with E-state index in [0.717, 1.165) is 47.5 Å². The number of pyridine rings is 1. The first-order chi connectivity index (χ1) is 13.5. The summed E-state index contributed by atoms with van der Waals surface area (Å²) in [6.45, 7) is 5.98. The first-order valence-corrected chi connectivity index (χ1v) is 9.53. The first kappa shape index (κ1) is 18.4. The maximum absolute atomic E-state index is 12.9. The second-order valence-electron chi connectivity index (χ2n) is 7.51. The Morgan fingerprint density at radius 2 is 1.89 bits per heavy atom. The maximum atomic E-state index is 12.9. The third kappa shape index (κ3) is 3.34. The zero-order valence-electron chi connectivity index (χ0n) is 16.8. The van der Waals surface area contributed by atoms with Crippen molar-refractivity contribution in [2.45, 2.75) is 20.3 Å². The number of benzene rings is 1. The van der Waals surface area contributed by atoms with Crippen LogP contribution in [0.15, 0.2) is 47.4 Å². The van der Waals surface area contributed by atoms with Crippen molar-refractivity contribution < 1.29 is 4.74 Å². The molecule has 28 heavy (non-hydrogen) atoms. The van der Waals surface area contributed by atoms with Gasteiger partial charge in [-0.15, -0.1) is 0 Å². The van der Waals surface area contributed by atoms with E-state index in [1.807, 2.05) is 38.2 Å². The Hall–Kier alpha value is -2.92. The number of hydrogen-bond donors (Lipinski definition) is 0. The zero-order chi connectivity index (χ0) is 19.8. The fraction of sp³-hybridized carbons (Fsp3) is 0.304. The topological polar surface area (TPSA) is 46.8 Å². The van der Waals surface area contributed by atoms with Crippen molar-refractivity contribution in [3.05, 3.63) is 69.6 Å². The van der Waals surface area contributed by atoms with Gasteiger partial charge in [0.2, 0.25) is 0 Å². The van der Waals surface area contributed by atoms with Crippen LogP contribution in [0.1, 0.15) is 23.1 Å². The van der Waals surface area contributed by atoms with Gasteiger partial charge in [-0.3, -0.25) is 9.20 Å². The molecule has 0 aliphatic carbocycles. The summed E-state index contributed by atoms with van der Waals surface area (Å²) in [5, 5.41) is 0. The molecule has 0 unspecified atom stereocenters. The van der Waals surface area contributed by atoms with Gasteiger partial charge >= 0.3 is 0 Å². The lowest BCUT2D eigenvalue weighted by Crippen LogP contribution is -2.24. The molecule has 0 radical (unpaired) electrons. The van der Waals surface area contributed by atoms with Crippen LogP contribution in [0.4, 0.5) is 0 Å². The molecule has 0 bridgehead atoms. The third-order valence-electron chi connectivity index (χ3n) is 5.43. The van der Waals surface area contributed by atoms with Crippen LogP contribution in [0, 0.1) is 13.8 Å². The lowest BCUT2D eigenvalue weighted by molar-refractivity contribution is 0.370. The van der Waals surface area contributed by atoms with Crippen molar-refractivity contribution in [3.8, 4) is 17.0 Å². The molecule has 1 aliphatic heterocycles. The summed E-state index contributed by atoms with van der Waals surface area (Å²) >= 11 is 0. The van der Waals surface area contributed by atoms with Crippen LogP contribution in [0.5, 0.6) is 5.75 Å². The molecule has 1 aliphatic rings. The highest BCUT2D eigenvalue weighted by atomic mass is 16.5. The van der Waals surface area contributed by atoms with E-state index in [4.69, 9.17) is 9.72 Å². The fourth-order valence-corrected chi connectivity index (χ4v) is 3.70. The molecule has 2 aromatic heterocycles. The van der Waals surface area contributed by atoms with E-state index in [9.17, 15) is 4.79 Å². The molecule has 0 saturated heterocycles. The number of likely N-dealkylation sites (N-methyl/N-ethyl adjacent to an activating group) is 1. The molecule has 144 valence electrons. The van der Waals surface area contributed by atoms with Crippen LogP contribution in [-0.2, 0) is 0 Å². The highest BCUT2D eigenvalue weighted by Crippen LogP contribution is 2.27. The normalized spacial score (nSPS) is 14.9. The minimum Gasteiger partial charge on any atom is -0.496 e. The summed E-state index contributed by atoms with van der Waals surface area (Å²) in [5.41, 5.74) is 6.61. The summed E-state index contributed by atoms with van der Waals surface area (Å²) in [7, 11) is 3.77. The second kappa shape index (κ2) is 7.24. The van der Waals surface area contributed by atoms with Crippen molar-refractivity contribution in [1.29, 1.82) is 0 Å². The lowest BCUT2D eigenvalue weighted by atomic mass is 10.00. The molecule has 0 amide bonds. The van der Waals surface area contributed by atoms with Gasteiger partial charge in [0.25, 0.3) is 5.56 Å². The van der Waals surface area contributed by atoms with E-state index in [0.29, 0.717) is 11.3 Å². The number of rotatable bonds is 3. The fourth-order valence-electron chi connectivity index (χ4n) is 3.70. The molecule has 0 N–H and O–H groups in total. The predicted octanol–water partition coefficient (Wildman–Crippen LogP) is 3.71. The molecule has 0 fully saturated rings. The molecule has 3 aromatic rings. The molecule has 1 aromatic carbocycles. The van der Waals surface area contributed by atoms with Gasteiger partial charge < -0.3 is 9.64 Å². The van der Waals surface area contributed by atoms with Crippen LogP contribution in [0.2, 0.25) is 0 Å². The molecular formula is C23H25N3O2. The van der Waals surface area contributed by atoms with Gasteiger partial charge in [-0.05, 0) is 61.7 Å². The van der Waals surface area contributed by atoms with Crippen molar-refractivity contribution >= 4 is 11.2 Å². The Bertz CT molecular complexity index is 1140. The number of ether oxygens (including phenoxy) is 1. The molecule has 5 heteroatoms. The number of methoxy groups -OCH3 is 1. The zero-order valence-corrected chi connectivity index (χ0v) is 16.8. The number of nitrogens with zero attached hydrogens (tertiary/aromatic N) is 3. The van der Waals surface area contributed by atoms with E-state index in [-0.39, 0.29) is 5.56 Å². The summed E-state index contributed by atoms with van der Waals surface area (Å²) in [6.07, 6.45) is 5.16. The molecular weight excluding hydrogens is 350 g/mol. The molecule has 4 rings (SSSR count). The summed E-state index contributed by atoms with van der Waals surface area (Å²) < 4.78 is 7.08. The van der Waals surface area contributed by atoms with E-state index >= 15 is 0 Å². The number of fused-ring (bicyclic) bond motifs is 1. The predicted molar refractivity (Wildman–Crippen MR) is 113 cm³/mol. The van der Waals surface area contributed by atoms with E-state index < -0.39 is 0 Å². The van der Waals surface area contributed by atoms with Crippen molar-refractivity contribution in [2.75, 3.05) is 27.2 Å². The van der Waals surface area contributed by atoms with Gasteiger partial charge in [-0.25, -0.2) is 4.98 Å². The highest BCUT2D eigenvalue weighted by Gasteiger charge is 2.14. The molecule has 5 nitrogen and oxygen atoms in total. The monoisotopic (exact) mass is 375 g/mol. The Kier molecular flexibility index (Phi) is 4.77. The average molecular weight is 375 g/mol. The van der Waals surface area contributed by atoms with Gasteiger partial charge in [-0.1, -0.05) is 18.2 Å². The minimum absolute atomic E-state index is 0.0713. The second-order valence-corrected chi connectivity index (χ2v) is 7.51. The average Bonchev–Trinajstić information content (AvgIpc) is 2.69.